The fourth-order valence-corrected chi connectivity index (χ4v) is 0.807. The lowest BCUT2D eigenvalue weighted by Gasteiger charge is -2.13. The Bertz CT molecular complexity index is 145. The number of allylic oxidation sites excluding steroid dienone is 1. The number of nitrogens with zero attached hydrogens (tertiary/aromatic N) is 1. The average molecular weight is 142 g/mol. The minimum absolute atomic E-state index is 0.336. The number of nitrogens with one attached hydrogen (secondary N) is 1. The Labute approximate surface area is 61.6 Å². The predicted octanol–water partition coefficient (Wildman–Crippen LogP) is 0.703. The van der Waals surface area contributed by atoms with E-state index in [0.717, 1.165) is 6.42 Å². The minimum Gasteiger partial charge on any atom is -0.276 e. The molecular formula is C7H14N2O. The van der Waals surface area contributed by atoms with Crippen molar-refractivity contribution < 1.29 is 4.84 Å². The van der Waals surface area contributed by atoms with Gasteiger partial charge in [-0.1, -0.05) is 6.08 Å². The Morgan fingerprint density at radius 2 is 2.50 bits per heavy atom. The lowest BCUT2D eigenvalue weighted by Crippen LogP contribution is -2.31. The highest BCUT2D eigenvalue weighted by molar-refractivity contribution is 5.24. The van der Waals surface area contributed by atoms with Gasteiger partial charge in [0.1, 0.15) is 6.10 Å². The predicted molar refractivity (Wildman–Crippen MR) is 40.1 cm³/mol. The van der Waals surface area contributed by atoms with E-state index >= 15 is 0 Å². The summed E-state index contributed by atoms with van der Waals surface area (Å²) < 4.78 is 0. The van der Waals surface area contributed by atoms with Crippen LogP contribution in [0.25, 0.3) is 0 Å². The summed E-state index contributed by atoms with van der Waals surface area (Å²) in [6, 6.07) is 0. The second-order valence-corrected chi connectivity index (χ2v) is 2.38. The number of hydrogen-bond donors (Lipinski definition) is 1. The SMILES string of the molecule is C/C=C1/C[C@H]1ON(C)NC. The minimum atomic E-state index is 0.336. The van der Waals surface area contributed by atoms with Crippen molar-refractivity contribution in [3.05, 3.63) is 11.6 Å². The molecule has 0 bridgehead atoms. The normalized spacial score (nSPS) is 28.0. The summed E-state index contributed by atoms with van der Waals surface area (Å²) in [5.41, 5.74) is 4.26. The Morgan fingerprint density at radius 1 is 1.80 bits per heavy atom. The van der Waals surface area contributed by atoms with Crippen LogP contribution < -0.4 is 5.43 Å². The van der Waals surface area contributed by atoms with Crippen molar-refractivity contribution in [2.75, 3.05) is 14.1 Å². The molecule has 0 amide bonds. The Kier molecular flexibility index (Phi) is 2.43. The smallest absolute Gasteiger partial charge is 0.106 e. The molecule has 3 heteroatoms. The highest BCUT2D eigenvalue weighted by Gasteiger charge is 2.31. The van der Waals surface area contributed by atoms with Gasteiger partial charge in [0, 0.05) is 20.5 Å². The van der Waals surface area contributed by atoms with E-state index < -0.39 is 0 Å². The average Bonchev–Trinajstić information content (AvgIpc) is 2.67. The van der Waals surface area contributed by atoms with Gasteiger partial charge in [-0.15, -0.1) is 5.17 Å². The first kappa shape index (κ1) is 7.72. The van der Waals surface area contributed by atoms with Gasteiger partial charge in [-0.3, -0.25) is 4.84 Å². The largest absolute Gasteiger partial charge is 0.276 e. The standard InChI is InChI=1S/C7H14N2O/c1-4-6-5-7(6)10-9(3)8-2/h4,7-8H,5H2,1-3H3/b6-4-/t7-/m1/s1. The number of rotatable bonds is 3. The third-order valence-corrected chi connectivity index (χ3v) is 1.65. The Hall–Kier alpha value is -0.380. The summed E-state index contributed by atoms with van der Waals surface area (Å²) in [6.07, 6.45) is 3.53. The van der Waals surface area contributed by atoms with Crippen LogP contribution in [0.2, 0.25) is 0 Å². The number of hydrogen-bond acceptors (Lipinski definition) is 3. The second kappa shape index (κ2) is 3.14. The van der Waals surface area contributed by atoms with E-state index in [1.54, 1.807) is 5.17 Å². The highest BCUT2D eigenvalue weighted by Crippen LogP contribution is 2.32. The lowest BCUT2D eigenvalue weighted by atomic mass is 10.5. The maximum absolute atomic E-state index is 5.37. The van der Waals surface area contributed by atoms with E-state index in [1.807, 2.05) is 21.0 Å². The molecule has 1 N–H and O–H groups in total. The molecule has 1 atom stereocenters. The summed E-state index contributed by atoms with van der Waals surface area (Å²) in [6.45, 7) is 2.04. The zero-order chi connectivity index (χ0) is 7.56. The first-order chi connectivity index (χ1) is 4.77. The Balaban J connectivity index is 2.17. The summed E-state index contributed by atoms with van der Waals surface area (Å²) in [5, 5.41) is 1.63. The molecule has 0 unspecified atom stereocenters. The molecule has 1 saturated carbocycles. The van der Waals surface area contributed by atoms with Crippen LogP contribution in [0.15, 0.2) is 11.6 Å². The lowest BCUT2D eigenvalue weighted by molar-refractivity contribution is -0.177. The molecular weight excluding hydrogens is 128 g/mol. The monoisotopic (exact) mass is 142 g/mol. The van der Waals surface area contributed by atoms with Gasteiger partial charge in [-0.2, -0.15) is 0 Å². The fourth-order valence-electron chi connectivity index (χ4n) is 0.807. The van der Waals surface area contributed by atoms with Crippen molar-refractivity contribution in [2.45, 2.75) is 19.4 Å². The molecule has 10 heavy (non-hydrogen) atoms. The zero-order valence-electron chi connectivity index (χ0n) is 6.72. The van der Waals surface area contributed by atoms with Crippen molar-refractivity contribution in [3.8, 4) is 0 Å². The summed E-state index contributed by atoms with van der Waals surface area (Å²) in [7, 11) is 3.68. The van der Waals surface area contributed by atoms with Crippen molar-refractivity contribution in [1.82, 2.24) is 10.6 Å². The van der Waals surface area contributed by atoms with E-state index in [4.69, 9.17) is 4.84 Å². The molecule has 0 aromatic carbocycles. The van der Waals surface area contributed by atoms with Crippen LogP contribution >= 0.6 is 0 Å². The molecule has 1 fully saturated rings. The van der Waals surface area contributed by atoms with Crippen LogP contribution in [0, 0.1) is 0 Å². The fraction of sp³-hybridized carbons (Fsp3) is 0.714. The van der Waals surface area contributed by atoms with Gasteiger partial charge in [-0.05, 0) is 12.5 Å². The maximum Gasteiger partial charge on any atom is 0.106 e. The van der Waals surface area contributed by atoms with Crippen LogP contribution in [-0.2, 0) is 4.84 Å². The van der Waals surface area contributed by atoms with Crippen molar-refractivity contribution in [2.24, 2.45) is 0 Å². The number of hydroxylamine groups is 1. The van der Waals surface area contributed by atoms with Crippen molar-refractivity contribution in [1.29, 1.82) is 0 Å². The summed E-state index contributed by atoms with van der Waals surface area (Å²) >= 11 is 0. The van der Waals surface area contributed by atoms with E-state index in [9.17, 15) is 0 Å². The molecule has 3 nitrogen and oxygen atoms in total. The number of hydrazine groups is 1. The first-order valence-electron chi connectivity index (χ1n) is 3.51. The van der Waals surface area contributed by atoms with Gasteiger partial charge in [0.25, 0.3) is 0 Å². The summed E-state index contributed by atoms with van der Waals surface area (Å²) in [4.78, 5) is 5.37. The van der Waals surface area contributed by atoms with Crippen LogP contribution in [0.3, 0.4) is 0 Å². The maximum atomic E-state index is 5.37. The van der Waals surface area contributed by atoms with Gasteiger partial charge in [0.2, 0.25) is 0 Å². The van der Waals surface area contributed by atoms with Gasteiger partial charge in [0.15, 0.2) is 0 Å². The topological polar surface area (TPSA) is 24.5 Å². The Morgan fingerprint density at radius 3 is 2.90 bits per heavy atom. The van der Waals surface area contributed by atoms with Crippen LogP contribution in [0.5, 0.6) is 0 Å². The van der Waals surface area contributed by atoms with E-state index in [-0.39, 0.29) is 0 Å². The van der Waals surface area contributed by atoms with Crippen LogP contribution in [0.1, 0.15) is 13.3 Å². The molecule has 0 aliphatic heterocycles. The van der Waals surface area contributed by atoms with Crippen molar-refractivity contribution in [3.63, 3.8) is 0 Å². The third-order valence-electron chi connectivity index (χ3n) is 1.65. The quantitative estimate of drug-likeness (QED) is 0.464. The highest BCUT2D eigenvalue weighted by atomic mass is 16.7. The van der Waals surface area contributed by atoms with E-state index in [1.165, 1.54) is 5.57 Å². The summed E-state index contributed by atoms with van der Waals surface area (Å²) in [5.74, 6) is 0. The van der Waals surface area contributed by atoms with Crippen molar-refractivity contribution >= 4 is 0 Å². The molecule has 0 spiro atoms. The van der Waals surface area contributed by atoms with Crippen LogP contribution in [-0.4, -0.2) is 25.4 Å². The zero-order valence-corrected chi connectivity index (χ0v) is 6.72. The van der Waals surface area contributed by atoms with E-state index in [0.29, 0.717) is 6.10 Å². The van der Waals surface area contributed by atoms with Gasteiger partial charge < -0.3 is 0 Å². The third kappa shape index (κ3) is 1.80. The first-order valence-corrected chi connectivity index (χ1v) is 3.51. The van der Waals surface area contributed by atoms with Gasteiger partial charge in [0.05, 0.1) is 0 Å². The molecule has 0 radical (unpaired) electrons. The molecule has 0 heterocycles. The molecule has 1 aliphatic carbocycles. The molecule has 0 saturated heterocycles. The molecule has 1 rings (SSSR count). The molecule has 0 aromatic heterocycles. The van der Waals surface area contributed by atoms with E-state index in [2.05, 4.69) is 11.5 Å². The molecule has 1 aliphatic rings. The van der Waals surface area contributed by atoms with Gasteiger partial charge in [-0.25, -0.2) is 5.43 Å². The molecule has 0 aromatic rings. The van der Waals surface area contributed by atoms with Crippen LogP contribution in [0.4, 0.5) is 0 Å². The second-order valence-electron chi connectivity index (χ2n) is 2.38. The molecule has 58 valence electrons. The van der Waals surface area contributed by atoms with Gasteiger partial charge >= 0.3 is 0 Å².